The van der Waals surface area contributed by atoms with E-state index in [9.17, 15) is 9.59 Å². The molecule has 3 N–H and O–H groups in total. The lowest BCUT2D eigenvalue weighted by Crippen LogP contribution is -2.36. The summed E-state index contributed by atoms with van der Waals surface area (Å²) in [6.07, 6.45) is 10.5. The maximum atomic E-state index is 13.2. The van der Waals surface area contributed by atoms with Gasteiger partial charge in [0.2, 0.25) is 0 Å². The lowest BCUT2D eigenvalue weighted by atomic mass is 9.95. The zero-order chi connectivity index (χ0) is 22.8. The summed E-state index contributed by atoms with van der Waals surface area (Å²) in [7, 11) is 0. The number of carbonyl (C=O) groups excluding carboxylic acids is 2. The van der Waals surface area contributed by atoms with Crippen LogP contribution < -0.4 is 16.0 Å². The molecule has 1 fully saturated rings. The molecule has 0 spiro atoms. The van der Waals surface area contributed by atoms with Gasteiger partial charge in [0.05, 0.1) is 9.72 Å². The van der Waals surface area contributed by atoms with Crippen LogP contribution in [0.4, 0.5) is 9.80 Å². The lowest BCUT2D eigenvalue weighted by molar-refractivity contribution is 0.0211. The van der Waals surface area contributed by atoms with Gasteiger partial charge in [0.25, 0.3) is 0 Å². The lowest BCUT2D eigenvalue weighted by Gasteiger charge is -2.23. The van der Waals surface area contributed by atoms with Crippen molar-refractivity contribution in [3.8, 4) is 0 Å². The van der Waals surface area contributed by atoms with Crippen LogP contribution >= 0.6 is 39.0 Å². The van der Waals surface area contributed by atoms with Gasteiger partial charge in [-0.25, -0.2) is 9.59 Å². The second-order valence-electron chi connectivity index (χ2n) is 9.37. The Kier molecular flexibility index (Phi) is 7.69. The number of thiophene rings is 1. The van der Waals surface area contributed by atoms with E-state index < -0.39 is 0 Å². The highest BCUT2D eigenvalue weighted by molar-refractivity contribution is 9.11. The molecule has 0 saturated heterocycles. The van der Waals surface area contributed by atoms with Crippen LogP contribution in [-0.2, 0) is 17.6 Å². The SMILES string of the molecule is O=C(NCC1C2=C(CNCC2)SC1Br)Nc1sc2c(c1C(=O)OC1CCCCC1)CCCC2. The molecular formula is C24H32BrN3O3S2. The molecule has 0 bridgehead atoms. The number of amides is 2. The normalized spacial score (nSPS) is 25.4. The molecule has 3 heterocycles. The number of ether oxygens (including phenoxy) is 1. The first-order valence-corrected chi connectivity index (χ1v) is 14.8. The first-order chi connectivity index (χ1) is 16.1. The summed E-state index contributed by atoms with van der Waals surface area (Å²) < 4.78 is 6.20. The molecule has 4 aliphatic rings. The van der Waals surface area contributed by atoms with Crippen molar-refractivity contribution in [2.45, 2.75) is 74.5 Å². The van der Waals surface area contributed by atoms with Gasteiger partial charge in [0, 0.05) is 23.9 Å². The van der Waals surface area contributed by atoms with Crippen LogP contribution in [-0.4, -0.2) is 41.9 Å². The summed E-state index contributed by atoms with van der Waals surface area (Å²) in [6.45, 7) is 2.51. The van der Waals surface area contributed by atoms with E-state index in [1.165, 1.54) is 21.8 Å². The fraction of sp³-hybridized carbons (Fsp3) is 0.667. The quantitative estimate of drug-likeness (QED) is 0.328. The average molecular weight is 555 g/mol. The van der Waals surface area contributed by atoms with Gasteiger partial charge < -0.3 is 15.4 Å². The number of urea groups is 1. The molecule has 6 nitrogen and oxygen atoms in total. The molecule has 2 amide bonds. The molecular weight excluding hydrogens is 522 g/mol. The van der Waals surface area contributed by atoms with Crippen LogP contribution in [0.25, 0.3) is 0 Å². The van der Waals surface area contributed by atoms with Gasteiger partial charge in [-0.1, -0.05) is 27.9 Å². The third kappa shape index (κ3) is 5.31. The predicted octanol–water partition coefficient (Wildman–Crippen LogP) is 5.57. The Morgan fingerprint density at radius 3 is 2.76 bits per heavy atom. The van der Waals surface area contributed by atoms with Gasteiger partial charge in [-0.15, -0.1) is 23.1 Å². The zero-order valence-electron chi connectivity index (χ0n) is 18.8. The van der Waals surface area contributed by atoms with E-state index in [4.69, 9.17) is 4.74 Å². The van der Waals surface area contributed by atoms with Crippen LogP contribution in [0, 0.1) is 5.92 Å². The van der Waals surface area contributed by atoms with Crippen LogP contribution in [0.15, 0.2) is 10.5 Å². The maximum Gasteiger partial charge on any atom is 0.341 e. The Morgan fingerprint density at radius 1 is 1.09 bits per heavy atom. The fourth-order valence-electron chi connectivity index (χ4n) is 5.39. The van der Waals surface area contributed by atoms with E-state index in [0.29, 0.717) is 23.0 Å². The summed E-state index contributed by atoms with van der Waals surface area (Å²) in [5.41, 5.74) is 3.16. The monoisotopic (exact) mass is 553 g/mol. The van der Waals surface area contributed by atoms with Crippen molar-refractivity contribution in [2.75, 3.05) is 25.0 Å². The summed E-state index contributed by atoms with van der Waals surface area (Å²) in [5, 5.41) is 10.2. The van der Waals surface area contributed by atoms with Crippen LogP contribution in [0.1, 0.15) is 72.2 Å². The molecule has 33 heavy (non-hydrogen) atoms. The number of hydrogen-bond donors (Lipinski definition) is 3. The Morgan fingerprint density at radius 2 is 1.91 bits per heavy atom. The number of aryl methyl sites for hydroxylation is 1. The fourth-order valence-corrected chi connectivity index (χ4v) is 9.13. The highest BCUT2D eigenvalue weighted by Crippen LogP contribution is 2.47. The zero-order valence-corrected chi connectivity index (χ0v) is 22.1. The van der Waals surface area contributed by atoms with Gasteiger partial charge in [-0.05, 0) is 74.8 Å². The topological polar surface area (TPSA) is 79.5 Å². The number of thioether (sulfide) groups is 1. The molecule has 1 saturated carbocycles. The van der Waals surface area contributed by atoms with Crippen LogP contribution in [0.3, 0.4) is 0 Å². The third-order valence-electron chi connectivity index (χ3n) is 7.14. The standard InChI is InChI=1S/C24H32BrN3O3S2/c25-21-17(15-10-11-26-13-19(15)32-21)12-27-24(30)28-22-20(16-8-4-5-9-18(16)33-22)23(29)31-14-6-2-1-3-7-14/h14,17,21,26H,1-13H2,(H2,27,28,30). The number of alkyl halides is 1. The largest absolute Gasteiger partial charge is 0.459 e. The smallest absolute Gasteiger partial charge is 0.341 e. The van der Waals surface area contributed by atoms with Gasteiger partial charge in [0.15, 0.2) is 0 Å². The van der Waals surface area contributed by atoms with Crippen molar-refractivity contribution in [1.29, 1.82) is 0 Å². The van der Waals surface area contributed by atoms with Crippen LogP contribution in [0.2, 0.25) is 0 Å². The molecule has 1 aromatic heterocycles. The Hall–Kier alpha value is -1.03. The minimum Gasteiger partial charge on any atom is -0.459 e. The minimum absolute atomic E-state index is 0.00949. The Labute approximate surface area is 212 Å². The molecule has 2 unspecified atom stereocenters. The van der Waals surface area contributed by atoms with E-state index in [1.54, 1.807) is 11.3 Å². The predicted molar refractivity (Wildman–Crippen MR) is 139 cm³/mol. The third-order valence-corrected chi connectivity index (χ3v) is 10.8. The first kappa shape index (κ1) is 23.7. The molecule has 2 atom stereocenters. The molecule has 2 aliphatic carbocycles. The summed E-state index contributed by atoms with van der Waals surface area (Å²) in [5.74, 6) is 0.0407. The summed E-state index contributed by atoms with van der Waals surface area (Å²) in [4.78, 5) is 28.7. The molecule has 9 heteroatoms. The molecule has 1 aromatic rings. The Bertz CT molecular complexity index is 942. The van der Waals surface area contributed by atoms with Crippen molar-refractivity contribution in [1.82, 2.24) is 10.6 Å². The second-order valence-corrected chi connectivity index (χ2v) is 13.3. The van der Waals surface area contributed by atoms with E-state index in [0.717, 1.165) is 76.4 Å². The second kappa shape index (κ2) is 10.7. The molecule has 0 radical (unpaired) electrons. The van der Waals surface area contributed by atoms with Gasteiger partial charge in [0.1, 0.15) is 11.1 Å². The minimum atomic E-state index is -0.256. The van der Waals surface area contributed by atoms with Crippen molar-refractivity contribution in [2.24, 2.45) is 5.92 Å². The summed E-state index contributed by atoms with van der Waals surface area (Å²) in [6, 6.07) is -0.243. The van der Waals surface area contributed by atoms with Gasteiger partial charge in [-0.3, -0.25) is 5.32 Å². The van der Waals surface area contributed by atoms with E-state index in [2.05, 4.69) is 31.9 Å². The molecule has 5 rings (SSSR count). The highest BCUT2D eigenvalue weighted by atomic mass is 79.9. The molecule has 180 valence electrons. The number of rotatable bonds is 5. The average Bonchev–Trinajstić information content (AvgIpc) is 3.34. The highest BCUT2D eigenvalue weighted by Gasteiger charge is 2.35. The number of nitrogens with one attached hydrogen (secondary N) is 3. The van der Waals surface area contributed by atoms with Crippen molar-refractivity contribution in [3.05, 3.63) is 26.5 Å². The molecule has 2 aliphatic heterocycles. The van der Waals surface area contributed by atoms with Crippen LogP contribution in [0.5, 0.6) is 0 Å². The number of anilines is 1. The number of halogens is 1. The number of fused-ring (bicyclic) bond motifs is 1. The van der Waals surface area contributed by atoms with Crippen molar-refractivity contribution >= 4 is 56.0 Å². The van der Waals surface area contributed by atoms with Gasteiger partial charge in [-0.2, -0.15) is 0 Å². The van der Waals surface area contributed by atoms with E-state index in [-0.39, 0.29) is 22.3 Å². The number of esters is 1. The number of carbonyl (C=O) groups is 2. The summed E-state index contributed by atoms with van der Waals surface area (Å²) >= 11 is 7.20. The van der Waals surface area contributed by atoms with E-state index in [1.807, 2.05) is 11.8 Å². The first-order valence-electron chi connectivity index (χ1n) is 12.2. The number of hydrogen-bond acceptors (Lipinski definition) is 6. The molecule has 0 aromatic carbocycles. The van der Waals surface area contributed by atoms with Crippen molar-refractivity contribution in [3.63, 3.8) is 0 Å². The maximum absolute atomic E-state index is 13.2. The van der Waals surface area contributed by atoms with Gasteiger partial charge >= 0.3 is 12.0 Å². The Balaban J connectivity index is 1.26. The van der Waals surface area contributed by atoms with Crippen molar-refractivity contribution < 1.29 is 14.3 Å². The van der Waals surface area contributed by atoms with E-state index >= 15 is 0 Å².